The third-order valence-electron chi connectivity index (χ3n) is 2.83. The minimum Gasteiger partial charge on any atom is -0.329 e. The van der Waals surface area contributed by atoms with Crippen molar-refractivity contribution in [1.29, 1.82) is 0 Å². The Kier molecular flexibility index (Phi) is 4.36. The summed E-state index contributed by atoms with van der Waals surface area (Å²) in [6, 6.07) is 5.58. The topological polar surface area (TPSA) is 70.0 Å². The van der Waals surface area contributed by atoms with E-state index in [1.807, 2.05) is 0 Å². The molecule has 1 aromatic heterocycles. The Morgan fingerprint density at radius 3 is 2.65 bits per heavy atom. The molecule has 0 unspecified atom stereocenters. The average Bonchev–Trinajstić information content (AvgIpc) is 2.42. The number of hydrogen-bond acceptors (Lipinski definition) is 3. The molecule has 0 saturated carbocycles. The molecule has 1 heterocycles. The Labute approximate surface area is 119 Å². The van der Waals surface area contributed by atoms with Crippen LogP contribution >= 0.6 is 11.6 Å². The third kappa shape index (κ3) is 2.97. The number of nitrogens with two attached hydrogens (primary N) is 1. The summed E-state index contributed by atoms with van der Waals surface area (Å²) >= 11 is 5.60. The molecule has 0 fully saturated rings. The molecule has 0 spiro atoms. The summed E-state index contributed by atoms with van der Waals surface area (Å²) in [4.78, 5) is 23.6. The van der Waals surface area contributed by atoms with Gasteiger partial charge in [0.25, 0.3) is 5.56 Å². The van der Waals surface area contributed by atoms with Crippen LogP contribution in [0.25, 0.3) is 0 Å². The van der Waals surface area contributed by atoms with Crippen molar-refractivity contribution in [1.82, 2.24) is 9.13 Å². The highest BCUT2D eigenvalue weighted by atomic mass is 35.5. The molecule has 2 rings (SSSR count). The standard InChI is InChI=1S/C13H13ClFN3O2/c14-10-2-1-9(7-11(10)15)8-17-5-3-12(19)18(6-4-16)13(17)20/h1-3,5,7H,4,6,8,16H2. The van der Waals surface area contributed by atoms with Crippen molar-refractivity contribution >= 4 is 11.6 Å². The fourth-order valence-corrected chi connectivity index (χ4v) is 1.96. The molecule has 2 N–H and O–H groups in total. The second-order valence-electron chi connectivity index (χ2n) is 4.25. The van der Waals surface area contributed by atoms with Gasteiger partial charge >= 0.3 is 5.69 Å². The van der Waals surface area contributed by atoms with Crippen LogP contribution in [-0.4, -0.2) is 15.7 Å². The van der Waals surface area contributed by atoms with E-state index in [0.717, 1.165) is 4.57 Å². The first-order chi connectivity index (χ1) is 9.52. The van der Waals surface area contributed by atoms with Crippen LogP contribution in [-0.2, 0) is 13.1 Å². The van der Waals surface area contributed by atoms with Crippen molar-refractivity contribution in [2.24, 2.45) is 5.73 Å². The lowest BCUT2D eigenvalue weighted by Gasteiger charge is -2.09. The van der Waals surface area contributed by atoms with E-state index >= 15 is 0 Å². The van der Waals surface area contributed by atoms with E-state index in [0.29, 0.717) is 5.56 Å². The number of hydrogen-bond donors (Lipinski definition) is 1. The Hall–Kier alpha value is -1.92. The second kappa shape index (κ2) is 6.02. The average molecular weight is 298 g/mol. The van der Waals surface area contributed by atoms with Gasteiger partial charge in [-0.2, -0.15) is 0 Å². The van der Waals surface area contributed by atoms with Crippen molar-refractivity contribution < 1.29 is 4.39 Å². The molecule has 0 bridgehead atoms. The van der Waals surface area contributed by atoms with Crippen LogP contribution in [0.1, 0.15) is 5.56 Å². The van der Waals surface area contributed by atoms with Gasteiger partial charge in [0.05, 0.1) is 11.6 Å². The number of halogens is 2. The van der Waals surface area contributed by atoms with Gasteiger partial charge in [-0.1, -0.05) is 17.7 Å². The highest BCUT2D eigenvalue weighted by Crippen LogP contribution is 2.15. The monoisotopic (exact) mass is 297 g/mol. The van der Waals surface area contributed by atoms with Crippen LogP contribution in [0, 0.1) is 5.82 Å². The third-order valence-corrected chi connectivity index (χ3v) is 3.14. The summed E-state index contributed by atoms with van der Waals surface area (Å²) in [5, 5.41) is 0.0224. The van der Waals surface area contributed by atoms with Crippen molar-refractivity contribution in [3.63, 3.8) is 0 Å². The number of benzene rings is 1. The molecule has 106 valence electrons. The molecule has 0 amide bonds. The molecule has 5 nitrogen and oxygen atoms in total. The van der Waals surface area contributed by atoms with Crippen LogP contribution in [0.4, 0.5) is 4.39 Å². The van der Waals surface area contributed by atoms with Gasteiger partial charge in [-0.3, -0.25) is 13.9 Å². The zero-order valence-corrected chi connectivity index (χ0v) is 11.3. The molecule has 0 atom stereocenters. The number of aromatic nitrogens is 2. The molecule has 0 saturated heterocycles. The second-order valence-corrected chi connectivity index (χ2v) is 4.66. The van der Waals surface area contributed by atoms with E-state index in [9.17, 15) is 14.0 Å². The summed E-state index contributed by atoms with van der Waals surface area (Å²) in [5.41, 5.74) is 5.06. The summed E-state index contributed by atoms with van der Waals surface area (Å²) in [6.45, 7) is 0.486. The minimum absolute atomic E-state index is 0.0224. The fraction of sp³-hybridized carbons (Fsp3) is 0.231. The maximum Gasteiger partial charge on any atom is 0.331 e. The summed E-state index contributed by atoms with van der Waals surface area (Å²) < 4.78 is 15.7. The fourth-order valence-electron chi connectivity index (χ4n) is 1.85. The van der Waals surface area contributed by atoms with Gasteiger partial charge in [-0.25, -0.2) is 9.18 Å². The van der Waals surface area contributed by atoms with Crippen LogP contribution in [0.5, 0.6) is 0 Å². The van der Waals surface area contributed by atoms with Gasteiger partial charge in [0.2, 0.25) is 0 Å². The zero-order valence-electron chi connectivity index (χ0n) is 10.6. The molecule has 0 aliphatic rings. The van der Waals surface area contributed by atoms with E-state index in [-0.39, 0.29) is 24.7 Å². The van der Waals surface area contributed by atoms with E-state index in [2.05, 4.69) is 0 Å². The molecular weight excluding hydrogens is 285 g/mol. The lowest BCUT2D eigenvalue weighted by atomic mass is 10.2. The van der Waals surface area contributed by atoms with Crippen molar-refractivity contribution in [3.05, 3.63) is 67.7 Å². The van der Waals surface area contributed by atoms with Crippen LogP contribution in [0.2, 0.25) is 5.02 Å². The first-order valence-corrected chi connectivity index (χ1v) is 6.35. The van der Waals surface area contributed by atoms with Crippen LogP contribution in [0.3, 0.4) is 0 Å². The Morgan fingerprint density at radius 1 is 1.25 bits per heavy atom. The molecule has 7 heteroatoms. The van der Waals surface area contributed by atoms with Crippen molar-refractivity contribution in [2.45, 2.75) is 13.1 Å². The highest BCUT2D eigenvalue weighted by molar-refractivity contribution is 6.30. The Balaban J connectivity index is 2.39. The summed E-state index contributed by atoms with van der Waals surface area (Å²) in [6.07, 6.45) is 1.38. The largest absolute Gasteiger partial charge is 0.331 e. The van der Waals surface area contributed by atoms with E-state index in [4.69, 9.17) is 17.3 Å². The van der Waals surface area contributed by atoms with Gasteiger partial charge in [-0.15, -0.1) is 0 Å². The van der Waals surface area contributed by atoms with E-state index in [1.54, 1.807) is 6.07 Å². The van der Waals surface area contributed by atoms with Crippen LogP contribution < -0.4 is 17.0 Å². The Morgan fingerprint density at radius 2 is 2.00 bits per heavy atom. The lowest BCUT2D eigenvalue weighted by molar-refractivity contribution is 0.576. The summed E-state index contributed by atoms with van der Waals surface area (Å²) in [5.74, 6) is -0.549. The highest BCUT2D eigenvalue weighted by Gasteiger charge is 2.06. The van der Waals surface area contributed by atoms with Crippen molar-refractivity contribution in [3.8, 4) is 0 Å². The Bertz CT molecular complexity index is 739. The smallest absolute Gasteiger partial charge is 0.329 e. The van der Waals surface area contributed by atoms with Gasteiger partial charge in [0, 0.05) is 25.4 Å². The summed E-state index contributed by atoms with van der Waals surface area (Å²) in [7, 11) is 0. The van der Waals surface area contributed by atoms with E-state index in [1.165, 1.54) is 29.0 Å². The predicted octanol–water partition coefficient (Wildman–Crippen LogP) is 0.810. The molecule has 2 aromatic rings. The number of nitrogens with zero attached hydrogens (tertiary/aromatic N) is 2. The number of rotatable bonds is 4. The molecule has 0 aliphatic heterocycles. The molecule has 0 radical (unpaired) electrons. The minimum atomic E-state index is -0.549. The van der Waals surface area contributed by atoms with Gasteiger partial charge in [-0.05, 0) is 17.7 Å². The lowest BCUT2D eigenvalue weighted by Crippen LogP contribution is -2.40. The SMILES string of the molecule is NCCn1c(=O)ccn(Cc2ccc(Cl)c(F)c2)c1=O. The first kappa shape index (κ1) is 14.5. The van der Waals surface area contributed by atoms with E-state index < -0.39 is 17.1 Å². The molecular formula is C13H13ClFN3O2. The maximum absolute atomic E-state index is 13.4. The van der Waals surface area contributed by atoms with Gasteiger partial charge in [0.15, 0.2) is 0 Å². The first-order valence-electron chi connectivity index (χ1n) is 5.97. The molecule has 1 aromatic carbocycles. The normalized spacial score (nSPS) is 10.8. The zero-order chi connectivity index (χ0) is 14.7. The quantitative estimate of drug-likeness (QED) is 0.908. The van der Waals surface area contributed by atoms with Gasteiger partial charge < -0.3 is 5.73 Å². The van der Waals surface area contributed by atoms with Crippen LogP contribution in [0.15, 0.2) is 40.1 Å². The van der Waals surface area contributed by atoms with Gasteiger partial charge in [0.1, 0.15) is 5.82 Å². The molecule has 0 aliphatic carbocycles. The maximum atomic E-state index is 13.4. The predicted molar refractivity (Wildman–Crippen MR) is 74.5 cm³/mol. The van der Waals surface area contributed by atoms with Crippen molar-refractivity contribution in [2.75, 3.05) is 6.54 Å². The molecule has 20 heavy (non-hydrogen) atoms.